The van der Waals surface area contributed by atoms with Crippen LogP contribution in [-0.4, -0.2) is 20.9 Å². The molecule has 5 nitrogen and oxygen atoms in total. The first-order valence-corrected chi connectivity index (χ1v) is 6.40. The molecule has 2 aromatic rings. The summed E-state index contributed by atoms with van der Waals surface area (Å²) in [7, 11) is 1.65. The maximum absolute atomic E-state index is 13.8. The number of aromatic carboxylic acids is 1. The number of nitrogens with zero attached hydrogens (tertiary/aromatic N) is 3. The molecule has 0 amide bonds. The highest BCUT2D eigenvalue weighted by Gasteiger charge is 2.17. The van der Waals surface area contributed by atoms with E-state index in [2.05, 4.69) is 5.10 Å². The van der Waals surface area contributed by atoms with Gasteiger partial charge in [-0.2, -0.15) is 10.4 Å². The quantitative estimate of drug-likeness (QED) is 0.940. The van der Waals surface area contributed by atoms with Crippen molar-refractivity contribution < 1.29 is 14.3 Å². The monoisotopic (exact) mass is 291 g/mol. The van der Waals surface area contributed by atoms with E-state index in [9.17, 15) is 9.18 Å². The maximum Gasteiger partial charge on any atom is 0.335 e. The van der Waals surface area contributed by atoms with Gasteiger partial charge in [0.15, 0.2) is 0 Å². The summed E-state index contributed by atoms with van der Waals surface area (Å²) in [6, 6.07) is 5.55. The van der Waals surface area contributed by atoms with Gasteiger partial charge in [-0.3, -0.25) is 4.68 Å². The highest BCUT2D eigenvalue weighted by Crippen LogP contribution is 2.33. The molecule has 7 heteroatoms. The minimum atomic E-state index is -1.13. The van der Waals surface area contributed by atoms with Gasteiger partial charge in [-0.15, -0.1) is 0 Å². The van der Waals surface area contributed by atoms with Gasteiger partial charge in [-0.05, 0) is 25.1 Å². The molecular weight excluding hydrogens is 281 g/mol. The molecule has 0 atom stereocenters. The van der Waals surface area contributed by atoms with Crippen LogP contribution < -0.4 is 0 Å². The van der Waals surface area contributed by atoms with Crippen molar-refractivity contribution in [3.63, 3.8) is 0 Å². The third-order valence-electron chi connectivity index (χ3n) is 2.67. The fraction of sp³-hybridized carbons (Fsp3) is 0.154. The van der Waals surface area contributed by atoms with Gasteiger partial charge in [0, 0.05) is 7.05 Å². The molecular formula is C13H10FN3O2S. The van der Waals surface area contributed by atoms with Gasteiger partial charge in [0.1, 0.15) is 22.5 Å². The second kappa shape index (κ2) is 5.35. The number of halogens is 1. The second-order valence-electron chi connectivity index (χ2n) is 4.05. The first-order chi connectivity index (χ1) is 9.43. The zero-order chi connectivity index (χ0) is 14.9. The van der Waals surface area contributed by atoms with Crippen molar-refractivity contribution in [3.05, 3.63) is 40.8 Å². The van der Waals surface area contributed by atoms with Crippen molar-refractivity contribution in [2.24, 2.45) is 7.05 Å². The molecule has 1 aromatic heterocycles. The minimum Gasteiger partial charge on any atom is -0.478 e. The van der Waals surface area contributed by atoms with Gasteiger partial charge in [-0.25, -0.2) is 9.18 Å². The van der Waals surface area contributed by atoms with E-state index in [4.69, 9.17) is 10.4 Å². The molecule has 0 radical (unpaired) electrons. The number of carbonyl (C=O) groups is 1. The van der Waals surface area contributed by atoms with Crippen molar-refractivity contribution in [2.75, 3.05) is 0 Å². The van der Waals surface area contributed by atoms with E-state index >= 15 is 0 Å². The molecule has 0 saturated carbocycles. The number of aromatic nitrogens is 2. The number of carboxylic acid groups (broad SMARTS) is 1. The van der Waals surface area contributed by atoms with Crippen LogP contribution in [0.1, 0.15) is 21.6 Å². The van der Waals surface area contributed by atoms with Crippen LogP contribution in [-0.2, 0) is 7.05 Å². The summed E-state index contributed by atoms with van der Waals surface area (Å²) in [6.07, 6.45) is 0. The number of aryl methyl sites for hydroxylation is 2. The lowest BCUT2D eigenvalue weighted by Gasteiger charge is -2.05. The van der Waals surface area contributed by atoms with Crippen LogP contribution in [0.3, 0.4) is 0 Å². The molecule has 2 rings (SSSR count). The molecule has 0 aliphatic rings. The summed E-state index contributed by atoms with van der Waals surface area (Å²) in [4.78, 5) is 11.1. The lowest BCUT2D eigenvalue weighted by molar-refractivity contribution is 0.0696. The van der Waals surface area contributed by atoms with E-state index in [0.717, 1.165) is 17.8 Å². The predicted molar refractivity (Wildman–Crippen MR) is 70.1 cm³/mol. The summed E-state index contributed by atoms with van der Waals surface area (Å²) in [6.45, 7) is 1.69. The predicted octanol–water partition coefficient (Wildman–Crippen LogP) is 2.59. The van der Waals surface area contributed by atoms with E-state index in [1.54, 1.807) is 14.0 Å². The van der Waals surface area contributed by atoms with E-state index in [1.807, 2.05) is 6.07 Å². The smallest absolute Gasteiger partial charge is 0.335 e. The number of nitriles is 1. The number of carboxylic acids is 1. The third-order valence-corrected chi connectivity index (χ3v) is 3.86. The van der Waals surface area contributed by atoms with Gasteiger partial charge < -0.3 is 5.11 Å². The van der Waals surface area contributed by atoms with Crippen LogP contribution in [0, 0.1) is 24.1 Å². The average Bonchev–Trinajstić information content (AvgIpc) is 2.66. The van der Waals surface area contributed by atoms with Gasteiger partial charge in [0.25, 0.3) is 0 Å². The minimum absolute atomic E-state index is 0.00806. The largest absolute Gasteiger partial charge is 0.478 e. The Morgan fingerprint density at radius 1 is 1.55 bits per heavy atom. The number of rotatable bonds is 3. The molecule has 1 N–H and O–H groups in total. The highest BCUT2D eigenvalue weighted by atomic mass is 32.2. The summed E-state index contributed by atoms with van der Waals surface area (Å²) in [5, 5.41) is 22.6. The van der Waals surface area contributed by atoms with Crippen LogP contribution in [0.2, 0.25) is 0 Å². The van der Waals surface area contributed by atoms with Gasteiger partial charge in [0.05, 0.1) is 16.2 Å². The molecule has 0 aliphatic heterocycles. The Morgan fingerprint density at radius 3 is 2.85 bits per heavy atom. The van der Waals surface area contributed by atoms with Crippen molar-refractivity contribution in [1.82, 2.24) is 9.78 Å². The van der Waals surface area contributed by atoms with Crippen LogP contribution in [0.15, 0.2) is 28.1 Å². The van der Waals surface area contributed by atoms with Crippen molar-refractivity contribution in [3.8, 4) is 6.07 Å². The van der Waals surface area contributed by atoms with Gasteiger partial charge in [-0.1, -0.05) is 11.8 Å². The van der Waals surface area contributed by atoms with Crippen LogP contribution in [0.5, 0.6) is 0 Å². The molecule has 0 fully saturated rings. The Labute approximate surface area is 118 Å². The van der Waals surface area contributed by atoms with Crippen molar-refractivity contribution >= 4 is 17.7 Å². The average molecular weight is 291 g/mol. The summed E-state index contributed by atoms with van der Waals surface area (Å²) in [5.74, 6) is -1.67. The van der Waals surface area contributed by atoms with Gasteiger partial charge >= 0.3 is 5.97 Å². The zero-order valence-corrected chi connectivity index (χ0v) is 11.5. The van der Waals surface area contributed by atoms with Crippen LogP contribution in [0.25, 0.3) is 0 Å². The fourth-order valence-electron chi connectivity index (χ4n) is 1.70. The van der Waals surface area contributed by atoms with E-state index in [1.165, 1.54) is 16.8 Å². The summed E-state index contributed by atoms with van der Waals surface area (Å²) < 4.78 is 15.2. The topological polar surface area (TPSA) is 78.9 Å². The SMILES string of the molecule is Cc1nn(C)c(Sc2cc(C(=O)O)ccc2F)c1C#N. The number of hydrogen-bond acceptors (Lipinski definition) is 4. The Balaban J connectivity index is 2.48. The van der Waals surface area contributed by atoms with Crippen molar-refractivity contribution in [1.29, 1.82) is 5.26 Å². The van der Waals surface area contributed by atoms with Crippen LogP contribution >= 0.6 is 11.8 Å². The molecule has 1 aromatic carbocycles. The fourth-order valence-corrected chi connectivity index (χ4v) is 2.73. The Kier molecular flexibility index (Phi) is 3.77. The molecule has 20 heavy (non-hydrogen) atoms. The maximum atomic E-state index is 13.8. The molecule has 0 aliphatic carbocycles. The Hall–Kier alpha value is -2.33. The van der Waals surface area contributed by atoms with Crippen LogP contribution in [0.4, 0.5) is 4.39 Å². The van der Waals surface area contributed by atoms with E-state index < -0.39 is 11.8 Å². The highest BCUT2D eigenvalue weighted by molar-refractivity contribution is 7.99. The molecule has 102 valence electrons. The first-order valence-electron chi connectivity index (χ1n) is 5.58. The summed E-state index contributed by atoms with van der Waals surface area (Å²) >= 11 is 0.984. The summed E-state index contributed by atoms with van der Waals surface area (Å²) in [5.41, 5.74) is 0.899. The number of hydrogen-bond donors (Lipinski definition) is 1. The zero-order valence-electron chi connectivity index (χ0n) is 10.7. The lowest BCUT2D eigenvalue weighted by Crippen LogP contribution is -1.98. The molecule has 0 spiro atoms. The second-order valence-corrected chi connectivity index (χ2v) is 5.08. The number of benzene rings is 1. The molecule has 0 unspecified atom stereocenters. The van der Waals surface area contributed by atoms with Crippen molar-refractivity contribution in [2.45, 2.75) is 16.8 Å². The first kappa shape index (κ1) is 14.1. The molecule has 1 heterocycles. The van der Waals surface area contributed by atoms with E-state index in [0.29, 0.717) is 16.3 Å². The standard InChI is InChI=1S/C13H10FN3O2S/c1-7-9(6-15)12(17(2)16-7)20-11-5-8(13(18)19)3-4-10(11)14/h3-5H,1-2H3,(H,18,19). The Morgan fingerprint density at radius 2 is 2.25 bits per heavy atom. The third kappa shape index (κ3) is 2.51. The lowest BCUT2D eigenvalue weighted by atomic mass is 10.2. The molecule has 0 saturated heterocycles. The Bertz CT molecular complexity index is 734. The molecule has 0 bridgehead atoms. The normalized spacial score (nSPS) is 10.3. The van der Waals surface area contributed by atoms with E-state index in [-0.39, 0.29) is 10.5 Å². The van der Waals surface area contributed by atoms with Gasteiger partial charge in [0.2, 0.25) is 0 Å².